The predicted molar refractivity (Wildman–Crippen MR) is 185 cm³/mol. The van der Waals surface area contributed by atoms with Crippen LogP contribution in [0, 0.1) is 23.0 Å². The highest BCUT2D eigenvalue weighted by atomic mass is 79.9. The number of pyridine rings is 1. The lowest BCUT2D eigenvalue weighted by Gasteiger charge is -2.41. The molecule has 14 heteroatoms. The lowest BCUT2D eigenvalue weighted by molar-refractivity contribution is -0.128. The summed E-state index contributed by atoms with van der Waals surface area (Å²) in [6.07, 6.45) is 5.79. The third-order valence-corrected chi connectivity index (χ3v) is 10.5. The number of amides is 1. The number of rotatable bonds is 8. The molecule has 3 atom stereocenters. The first-order valence-electron chi connectivity index (χ1n) is 16.1. The molecule has 254 valence electrons. The van der Waals surface area contributed by atoms with E-state index >= 15 is 4.39 Å². The Morgan fingerprint density at radius 2 is 2.04 bits per heavy atom. The molecule has 9 nitrogen and oxygen atoms in total. The maximum Gasteiger partial charge on any atom is 0.319 e. The summed E-state index contributed by atoms with van der Waals surface area (Å²) in [4.78, 5) is 32.4. The normalized spacial score (nSPS) is 22.7. The van der Waals surface area contributed by atoms with E-state index in [9.17, 15) is 18.8 Å². The Morgan fingerprint density at radius 1 is 1.18 bits per heavy atom. The van der Waals surface area contributed by atoms with Gasteiger partial charge < -0.3 is 14.5 Å². The van der Waals surface area contributed by atoms with Crippen molar-refractivity contribution in [1.29, 1.82) is 5.26 Å². The van der Waals surface area contributed by atoms with E-state index in [0.717, 1.165) is 19.4 Å². The predicted octanol–water partition coefficient (Wildman–Crippen LogP) is 6.61. The molecule has 2 aromatic heterocycles. The standard InChI is InChI=1S/C35H32BrClF3N7O2/c36-11-2-6-27(48)47-15-14-45(19-23(47)9-12-41)33-25-17-42-31(24-5-1-4-21-7-8-26(39)29(37)28(21)24)30(40)32(25)43-34(44-33)49-20-35-10-3-13-46(35)18-22(38)16-35/h1-2,4-8,17,22-23H,3,9-11,13-16,18-20H2/b6-2+/t22-,23+,35+/m1/s1. The van der Waals surface area contributed by atoms with Crippen molar-refractivity contribution in [3.63, 3.8) is 0 Å². The summed E-state index contributed by atoms with van der Waals surface area (Å²) in [5.41, 5.74) is -0.340. The summed E-state index contributed by atoms with van der Waals surface area (Å²) in [7, 11) is 0. The molecule has 0 N–H and O–H groups in total. The molecule has 3 fully saturated rings. The number of halogens is 5. The second kappa shape index (κ2) is 13.7. The summed E-state index contributed by atoms with van der Waals surface area (Å²) in [6, 6.07) is 9.55. The molecular formula is C35H32BrClF3N7O2. The molecule has 0 spiro atoms. The maximum atomic E-state index is 16.8. The van der Waals surface area contributed by atoms with E-state index in [-0.39, 0.29) is 47.7 Å². The number of piperazine rings is 1. The first-order chi connectivity index (χ1) is 23.7. The van der Waals surface area contributed by atoms with Crippen LogP contribution >= 0.6 is 27.5 Å². The van der Waals surface area contributed by atoms with Crippen LogP contribution in [0.25, 0.3) is 32.9 Å². The molecule has 3 saturated heterocycles. The third kappa shape index (κ3) is 6.19. The Morgan fingerprint density at radius 3 is 2.86 bits per heavy atom. The molecule has 2 aromatic carbocycles. The van der Waals surface area contributed by atoms with Gasteiger partial charge in [-0.2, -0.15) is 15.2 Å². The molecule has 49 heavy (non-hydrogen) atoms. The lowest BCUT2D eigenvalue weighted by atomic mass is 9.95. The van der Waals surface area contributed by atoms with Crippen molar-refractivity contribution in [2.24, 2.45) is 0 Å². The first kappa shape index (κ1) is 33.5. The monoisotopic (exact) mass is 753 g/mol. The van der Waals surface area contributed by atoms with Crippen molar-refractivity contribution in [2.75, 3.05) is 49.6 Å². The fourth-order valence-corrected chi connectivity index (χ4v) is 7.99. The molecule has 0 bridgehead atoms. The van der Waals surface area contributed by atoms with Gasteiger partial charge in [-0.25, -0.2) is 13.2 Å². The molecule has 5 heterocycles. The fraction of sp³-hybridized carbons (Fsp3) is 0.400. The Bertz CT molecular complexity index is 2010. The molecule has 3 aliphatic rings. The van der Waals surface area contributed by atoms with Crippen LogP contribution in [0.2, 0.25) is 5.02 Å². The number of hydrogen-bond acceptors (Lipinski definition) is 8. The minimum atomic E-state index is -0.958. The number of fused-ring (bicyclic) bond motifs is 3. The molecule has 0 unspecified atom stereocenters. The van der Waals surface area contributed by atoms with Gasteiger partial charge in [-0.3, -0.25) is 14.7 Å². The van der Waals surface area contributed by atoms with Gasteiger partial charge in [0.15, 0.2) is 5.82 Å². The number of nitrogens with zero attached hydrogens (tertiary/aromatic N) is 7. The van der Waals surface area contributed by atoms with E-state index in [1.54, 1.807) is 35.2 Å². The zero-order valence-electron chi connectivity index (χ0n) is 26.4. The van der Waals surface area contributed by atoms with Crippen LogP contribution in [0.3, 0.4) is 0 Å². The number of benzene rings is 2. The summed E-state index contributed by atoms with van der Waals surface area (Å²) in [6.45, 7) is 2.14. The molecule has 4 aromatic rings. The number of ether oxygens (including phenoxy) is 1. The fourth-order valence-electron chi connectivity index (χ4n) is 7.53. The topological polar surface area (TPSA) is 98.5 Å². The van der Waals surface area contributed by atoms with Crippen molar-refractivity contribution in [3.05, 3.63) is 65.3 Å². The highest BCUT2D eigenvalue weighted by molar-refractivity contribution is 9.09. The van der Waals surface area contributed by atoms with Crippen molar-refractivity contribution in [3.8, 4) is 23.3 Å². The minimum absolute atomic E-state index is 0.0688. The molecule has 0 aliphatic carbocycles. The van der Waals surface area contributed by atoms with Gasteiger partial charge >= 0.3 is 6.01 Å². The van der Waals surface area contributed by atoms with Crippen LogP contribution in [-0.2, 0) is 4.79 Å². The number of carbonyl (C=O) groups is 1. The van der Waals surface area contributed by atoms with Crippen molar-refractivity contribution in [1.82, 2.24) is 24.8 Å². The third-order valence-electron chi connectivity index (χ3n) is 9.81. The van der Waals surface area contributed by atoms with Gasteiger partial charge in [0, 0.05) is 55.1 Å². The van der Waals surface area contributed by atoms with Crippen molar-refractivity contribution < 1.29 is 22.7 Å². The van der Waals surface area contributed by atoms with Gasteiger partial charge in [-0.05, 0) is 36.9 Å². The van der Waals surface area contributed by atoms with E-state index in [1.165, 1.54) is 18.3 Å². The van der Waals surface area contributed by atoms with Crippen LogP contribution in [0.1, 0.15) is 25.7 Å². The number of alkyl halides is 2. The van der Waals surface area contributed by atoms with Crippen LogP contribution in [-0.4, -0.2) is 93.1 Å². The summed E-state index contributed by atoms with van der Waals surface area (Å²) in [5, 5.41) is 11.2. The van der Waals surface area contributed by atoms with Crippen LogP contribution < -0.4 is 9.64 Å². The average molecular weight is 755 g/mol. The highest BCUT2D eigenvalue weighted by Crippen LogP contribution is 2.41. The van der Waals surface area contributed by atoms with Crippen molar-refractivity contribution in [2.45, 2.75) is 43.4 Å². The number of hydrogen-bond donors (Lipinski definition) is 0. The maximum absolute atomic E-state index is 16.8. The Labute approximate surface area is 294 Å². The smallest absolute Gasteiger partial charge is 0.319 e. The molecule has 1 amide bonds. The Kier molecular flexibility index (Phi) is 9.39. The Hall–Kier alpha value is -3.99. The second-order valence-electron chi connectivity index (χ2n) is 12.7. The first-order valence-corrected chi connectivity index (χ1v) is 17.6. The lowest BCUT2D eigenvalue weighted by Crippen LogP contribution is -2.55. The molecule has 7 rings (SSSR count). The van der Waals surface area contributed by atoms with E-state index in [1.807, 2.05) is 4.90 Å². The number of nitriles is 1. The van der Waals surface area contributed by atoms with Crippen LogP contribution in [0.4, 0.5) is 19.0 Å². The van der Waals surface area contributed by atoms with E-state index in [2.05, 4.69) is 36.9 Å². The second-order valence-corrected chi connectivity index (χ2v) is 13.7. The SMILES string of the molecule is N#CC[C@H]1CN(c2nc(OC[C@@]34CCCN3C[C@H](F)C4)nc3c(F)c(-c4cccc5ccc(F)c(Cl)c45)ncc23)CCN1C(=O)/C=C/CBr. The average Bonchev–Trinajstić information content (AvgIpc) is 3.63. The van der Waals surface area contributed by atoms with Gasteiger partial charge in [0.1, 0.15) is 35.6 Å². The van der Waals surface area contributed by atoms with Gasteiger partial charge in [0.25, 0.3) is 0 Å². The van der Waals surface area contributed by atoms with Gasteiger partial charge in [-0.1, -0.05) is 57.9 Å². The summed E-state index contributed by atoms with van der Waals surface area (Å²) in [5.74, 6) is -1.28. The van der Waals surface area contributed by atoms with Crippen molar-refractivity contribution >= 4 is 60.9 Å². The molecule has 3 aliphatic heterocycles. The number of carbonyl (C=O) groups excluding carboxylic acids is 1. The number of aromatic nitrogens is 3. The number of anilines is 1. The molecule has 0 saturated carbocycles. The van der Waals surface area contributed by atoms with E-state index in [0.29, 0.717) is 58.9 Å². The van der Waals surface area contributed by atoms with Crippen LogP contribution in [0.15, 0.2) is 48.7 Å². The zero-order valence-corrected chi connectivity index (χ0v) is 28.7. The number of allylic oxidation sites excluding steroid dienone is 1. The van der Waals surface area contributed by atoms with E-state index in [4.69, 9.17) is 21.3 Å². The zero-order chi connectivity index (χ0) is 34.3. The van der Waals surface area contributed by atoms with E-state index < -0.39 is 29.4 Å². The largest absolute Gasteiger partial charge is 0.461 e. The summed E-state index contributed by atoms with van der Waals surface area (Å²) >= 11 is 9.68. The van der Waals surface area contributed by atoms with Gasteiger partial charge in [-0.15, -0.1) is 0 Å². The van der Waals surface area contributed by atoms with Crippen LogP contribution in [0.5, 0.6) is 6.01 Å². The molecule has 0 radical (unpaired) electrons. The van der Waals surface area contributed by atoms with Gasteiger partial charge in [0.05, 0.1) is 34.5 Å². The molecular weight excluding hydrogens is 723 g/mol. The Balaban J connectivity index is 1.32. The summed E-state index contributed by atoms with van der Waals surface area (Å²) < 4.78 is 52.2. The quantitative estimate of drug-likeness (QED) is 0.147. The van der Waals surface area contributed by atoms with Gasteiger partial charge in [0.2, 0.25) is 5.91 Å². The highest BCUT2D eigenvalue weighted by Gasteiger charge is 2.49. The minimum Gasteiger partial charge on any atom is -0.461 e.